The van der Waals surface area contributed by atoms with Crippen molar-refractivity contribution >= 4 is 17.0 Å². The Morgan fingerprint density at radius 1 is 1.16 bits per heavy atom. The number of benzene rings is 1. The van der Waals surface area contributed by atoms with Gasteiger partial charge in [0, 0.05) is 18.8 Å². The van der Waals surface area contributed by atoms with E-state index in [-0.39, 0.29) is 0 Å². The summed E-state index contributed by atoms with van der Waals surface area (Å²) in [6.07, 6.45) is 6.28. The van der Waals surface area contributed by atoms with Gasteiger partial charge in [0.2, 0.25) is 0 Å². The van der Waals surface area contributed by atoms with Crippen LogP contribution in [0.15, 0.2) is 42.6 Å². The highest BCUT2D eigenvalue weighted by molar-refractivity contribution is 5.82. The van der Waals surface area contributed by atoms with Crippen molar-refractivity contribution in [1.82, 2.24) is 14.3 Å². The minimum absolute atomic E-state index is 1.05. The molecule has 0 spiro atoms. The molecule has 2 aromatic heterocycles. The van der Waals surface area contributed by atoms with E-state index in [2.05, 4.69) is 58.3 Å². The number of nitrogens with zero attached hydrogens (tertiary/aromatic N) is 3. The molecule has 0 bridgehead atoms. The summed E-state index contributed by atoms with van der Waals surface area (Å²) in [5, 5.41) is 5.78. The van der Waals surface area contributed by atoms with Gasteiger partial charge in [-0.2, -0.15) is 5.10 Å². The second kappa shape index (κ2) is 4.43. The molecule has 3 heteroatoms. The Bertz CT molecular complexity index is 759. The average Bonchev–Trinajstić information content (AvgIpc) is 2.92. The van der Waals surface area contributed by atoms with Crippen LogP contribution in [0.25, 0.3) is 22.8 Å². The summed E-state index contributed by atoms with van der Waals surface area (Å²) >= 11 is 0. The summed E-state index contributed by atoms with van der Waals surface area (Å²) in [7, 11) is 1.99. The van der Waals surface area contributed by atoms with E-state index in [1.54, 1.807) is 0 Å². The highest BCUT2D eigenvalue weighted by atomic mass is 15.3. The normalized spacial score (nSPS) is 11.7. The molecule has 2 heterocycles. The minimum Gasteiger partial charge on any atom is -0.301 e. The Kier molecular flexibility index (Phi) is 2.75. The molecular formula is C16H17N3. The number of fused-ring (bicyclic) bond motifs is 1. The van der Waals surface area contributed by atoms with Gasteiger partial charge in [0.15, 0.2) is 0 Å². The molecule has 0 radical (unpaired) electrons. The first-order chi connectivity index (χ1) is 9.22. The first-order valence-electron chi connectivity index (χ1n) is 6.45. The average molecular weight is 251 g/mol. The van der Waals surface area contributed by atoms with Crippen LogP contribution in [0.5, 0.6) is 0 Å². The van der Waals surface area contributed by atoms with Gasteiger partial charge in [0.25, 0.3) is 0 Å². The van der Waals surface area contributed by atoms with Crippen molar-refractivity contribution in [1.29, 1.82) is 0 Å². The van der Waals surface area contributed by atoms with E-state index in [9.17, 15) is 0 Å². The van der Waals surface area contributed by atoms with E-state index < -0.39 is 0 Å². The first-order valence-corrected chi connectivity index (χ1v) is 6.45. The Labute approximate surface area is 112 Å². The summed E-state index contributed by atoms with van der Waals surface area (Å²) in [4.78, 5) is 0. The third-order valence-electron chi connectivity index (χ3n) is 3.40. The van der Waals surface area contributed by atoms with Gasteiger partial charge in [0.1, 0.15) is 5.82 Å². The molecule has 0 aliphatic rings. The van der Waals surface area contributed by atoms with Gasteiger partial charge in [-0.3, -0.25) is 4.68 Å². The number of aryl methyl sites for hydroxylation is 2. The highest BCUT2D eigenvalue weighted by Gasteiger charge is 2.14. The molecule has 0 amide bonds. The lowest BCUT2D eigenvalue weighted by Crippen LogP contribution is -2.02. The Hall–Kier alpha value is -2.29. The van der Waals surface area contributed by atoms with E-state index in [0.29, 0.717) is 0 Å². The fourth-order valence-electron chi connectivity index (χ4n) is 2.58. The molecular weight excluding hydrogens is 234 g/mol. The van der Waals surface area contributed by atoms with Crippen LogP contribution in [0.4, 0.5) is 0 Å². The van der Waals surface area contributed by atoms with Crippen molar-refractivity contribution in [2.24, 2.45) is 7.05 Å². The van der Waals surface area contributed by atoms with E-state index in [1.807, 2.05) is 25.6 Å². The summed E-state index contributed by atoms with van der Waals surface area (Å²) < 4.78 is 4.14. The Morgan fingerprint density at radius 2 is 1.95 bits per heavy atom. The van der Waals surface area contributed by atoms with Crippen molar-refractivity contribution in [2.75, 3.05) is 0 Å². The van der Waals surface area contributed by atoms with Gasteiger partial charge in [-0.25, -0.2) is 0 Å². The molecule has 19 heavy (non-hydrogen) atoms. The van der Waals surface area contributed by atoms with Crippen LogP contribution in [0, 0.1) is 6.92 Å². The lowest BCUT2D eigenvalue weighted by Gasteiger charge is -2.07. The molecule has 3 nitrogen and oxygen atoms in total. The van der Waals surface area contributed by atoms with Gasteiger partial charge in [-0.1, -0.05) is 30.4 Å². The predicted octanol–water partition coefficient (Wildman–Crippen LogP) is 3.71. The molecule has 96 valence electrons. The molecule has 1 aromatic carbocycles. The van der Waals surface area contributed by atoms with Gasteiger partial charge in [-0.05, 0) is 31.4 Å². The van der Waals surface area contributed by atoms with Gasteiger partial charge in [-0.15, -0.1) is 0 Å². The molecule has 0 aliphatic heterocycles. The van der Waals surface area contributed by atoms with Crippen LogP contribution in [0.1, 0.15) is 18.2 Å². The maximum Gasteiger partial charge on any atom is 0.142 e. The molecule has 3 rings (SSSR count). The lowest BCUT2D eigenvalue weighted by atomic mass is 10.2. The second-order valence-corrected chi connectivity index (χ2v) is 4.69. The van der Waals surface area contributed by atoms with E-state index in [0.717, 1.165) is 11.5 Å². The number of hydrogen-bond donors (Lipinski definition) is 0. The third-order valence-corrected chi connectivity index (χ3v) is 3.40. The number of aromatic nitrogens is 3. The number of rotatable bonds is 2. The fraction of sp³-hybridized carbons (Fsp3) is 0.188. The largest absolute Gasteiger partial charge is 0.301 e. The minimum atomic E-state index is 1.05. The molecule has 0 fully saturated rings. The maximum absolute atomic E-state index is 4.54. The highest BCUT2D eigenvalue weighted by Crippen LogP contribution is 2.25. The van der Waals surface area contributed by atoms with E-state index >= 15 is 0 Å². The van der Waals surface area contributed by atoms with Gasteiger partial charge >= 0.3 is 0 Å². The van der Waals surface area contributed by atoms with Crippen LogP contribution in [0.3, 0.4) is 0 Å². The topological polar surface area (TPSA) is 22.8 Å². The number of allylic oxidation sites excluding steroid dienone is 1. The quantitative estimate of drug-likeness (QED) is 0.681. The van der Waals surface area contributed by atoms with Crippen molar-refractivity contribution in [3.63, 3.8) is 0 Å². The number of para-hydroxylation sites is 1. The predicted molar refractivity (Wildman–Crippen MR) is 79.5 cm³/mol. The number of hydrogen-bond acceptors (Lipinski definition) is 1. The van der Waals surface area contributed by atoms with Crippen LogP contribution in [0.2, 0.25) is 0 Å². The first kappa shape index (κ1) is 11.8. The molecule has 3 aromatic rings. The lowest BCUT2D eigenvalue weighted by molar-refractivity contribution is 0.728. The smallest absolute Gasteiger partial charge is 0.142 e. The van der Waals surface area contributed by atoms with Crippen molar-refractivity contribution < 1.29 is 0 Å². The molecule has 0 unspecified atom stereocenters. The van der Waals surface area contributed by atoms with E-state index in [1.165, 1.54) is 16.5 Å². The fourth-order valence-corrected chi connectivity index (χ4v) is 2.58. The SMILES string of the molecule is C/C=C/c1c(C)nn(C)c1-n1ccc2ccccc21. The molecule has 0 saturated heterocycles. The van der Waals surface area contributed by atoms with Crippen molar-refractivity contribution in [3.8, 4) is 5.82 Å². The van der Waals surface area contributed by atoms with Crippen molar-refractivity contribution in [2.45, 2.75) is 13.8 Å². The van der Waals surface area contributed by atoms with Crippen molar-refractivity contribution in [3.05, 3.63) is 53.9 Å². The van der Waals surface area contributed by atoms with Crippen LogP contribution >= 0.6 is 0 Å². The van der Waals surface area contributed by atoms with Crippen LogP contribution in [-0.2, 0) is 7.05 Å². The maximum atomic E-state index is 4.54. The zero-order chi connectivity index (χ0) is 13.4. The zero-order valence-corrected chi connectivity index (χ0v) is 11.5. The monoisotopic (exact) mass is 251 g/mol. The van der Waals surface area contributed by atoms with Gasteiger partial charge < -0.3 is 4.57 Å². The van der Waals surface area contributed by atoms with E-state index in [4.69, 9.17) is 0 Å². The van der Waals surface area contributed by atoms with Crippen LogP contribution in [-0.4, -0.2) is 14.3 Å². The summed E-state index contributed by atoms with van der Waals surface area (Å²) in [5.41, 5.74) is 3.43. The summed E-state index contributed by atoms with van der Waals surface area (Å²) in [6, 6.07) is 10.5. The van der Waals surface area contributed by atoms with Gasteiger partial charge in [0.05, 0.1) is 11.2 Å². The summed E-state index contributed by atoms with van der Waals surface area (Å²) in [6.45, 7) is 4.08. The summed E-state index contributed by atoms with van der Waals surface area (Å²) in [5.74, 6) is 1.11. The zero-order valence-electron chi connectivity index (χ0n) is 11.5. The Morgan fingerprint density at radius 3 is 2.74 bits per heavy atom. The van der Waals surface area contributed by atoms with Crippen LogP contribution < -0.4 is 0 Å². The molecule has 0 N–H and O–H groups in total. The third kappa shape index (κ3) is 1.78. The molecule has 0 atom stereocenters. The molecule has 0 saturated carbocycles. The molecule has 0 aliphatic carbocycles. The standard InChI is InChI=1S/C16H17N3/c1-4-7-14-12(2)17-18(3)16(14)19-11-10-13-8-5-6-9-15(13)19/h4-11H,1-3H3/b7-4+. The second-order valence-electron chi connectivity index (χ2n) is 4.69. The Balaban J connectivity index is 2.33.